The Balaban J connectivity index is 1.30. The number of amides is 3. The van der Waals surface area contributed by atoms with Gasteiger partial charge in [-0.1, -0.05) is 6.07 Å². The van der Waals surface area contributed by atoms with Gasteiger partial charge < -0.3 is 20.6 Å². The van der Waals surface area contributed by atoms with Crippen LogP contribution in [0.25, 0.3) is 11.5 Å². The zero-order chi connectivity index (χ0) is 23.7. The van der Waals surface area contributed by atoms with Gasteiger partial charge in [0.25, 0.3) is 5.91 Å². The normalized spacial score (nSPS) is 16.0. The highest BCUT2D eigenvalue weighted by Gasteiger charge is 2.28. The van der Waals surface area contributed by atoms with Crippen LogP contribution in [0.4, 0.5) is 10.6 Å². The van der Waals surface area contributed by atoms with E-state index in [0.717, 1.165) is 24.0 Å². The molecule has 0 radical (unpaired) electrons. The fourth-order valence-corrected chi connectivity index (χ4v) is 3.77. The van der Waals surface area contributed by atoms with E-state index in [4.69, 9.17) is 0 Å². The lowest BCUT2D eigenvalue weighted by Gasteiger charge is -2.29. The van der Waals surface area contributed by atoms with Crippen LogP contribution in [-0.4, -0.2) is 71.3 Å². The largest absolute Gasteiger partial charge is 0.394 e. The maximum absolute atomic E-state index is 12.9. The maximum Gasteiger partial charge on any atom is 0.317 e. The highest BCUT2D eigenvalue weighted by atomic mass is 16.3. The summed E-state index contributed by atoms with van der Waals surface area (Å²) >= 11 is 0. The van der Waals surface area contributed by atoms with Crippen LogP contribution in [0.2, 0.25) is 0 Å². The standard InChI is InChI=1S/C22H25N9O3/c1-13(12-32)31-20(27-28-29-31)17-3-2-4-19(25-17)26-21(33)18-9-15-11-30(8-7-14(15)10-23-18)22(34)24-16-5-6-16/h2-4,9-10,13,16,32H,5-8,11-12H2,1H3,(H,24,34)(H,25,26,33)/t13-/m1/s1. The molecule has 1 saturated carbocycles. The summed E-state index contributed by atoms with van der Waals surface area (Å²) in [4.78, 5) is 35.8. The van der Waals surface area contributed by atoms with Crippen molar-refractivity contribution in [2.24, 2.45) is 0 Å². The Bertz CT molecular complexity index is 1220. The summed E-state index contributed by atoms with van der Waals surface area (Å²) in [7, 11) is 0. The van der Waals surface area contributed by atoms with E-state index in [1.165, 1.54) is 4.68 Å². The molecule has 12 heteroatoms. The van der Waals surface area contributed by atoms with Gasteiger partial charge in [0.1, 0.15) is 17.2 Å². The van der Waals surface area contributed by atoms with Crippen LogP contribution in [-0.2, 0) is 13.0 Å². The molecule has 0 aromatic carbocycles. The fraction of sp³-hybridized carbons (Fsp3) is 0.409. The predicted molar refractivity (Wildman–Crippen MR) is 121 cm³/mol. The smallest absolute Gasteiger partial charge is 0.317 e. The average molecular weight is 464 g/mol. The Morgan fingerprint density at radius 3 is 2.91 bits per heavy atom. The van der Waals surface area contributed by atoms with Gasteiger partial charge in [0.15, 0.2) is 0 Å². The molecule has 0 spiro atoms. The summed E-state index contributed by atoms with van der Waals surface area (Å²) in [6, 6.07) is 6.76. The van der Waals surface area contributed by atoms with Crippen LogP contribution in [0.5, 0.6) is 0 Å². The minimum absolute atomic E-state index is 0.0603. The molecule has 4 heterocycles. The number of carbonyl (C=O) groups is 2. The Kier molecular flexibility index (Phi) is 5.88. The minimum atomic E-state index is -0.407. The Morgan fingerprint density at radius 1 is 1.26 bits per heavy atom. The molecule has 3 N–H and O–H groups in total. The number of aliphatic hydroxyl groups excluding tert-OH is 1. The van der Waals surface area contributed by atoms with Crippen LogP contribution in [0.3, 0.4) is 0 Å². The lowest BCUT2D eigenvalue weighted by Crippen LogP contribution is -2.43. The van der Waals surface area contributed by atoms with Crippen molar-refractivity contribution in [2.45, 2.75) is 44.8 Å². The van der Waals surface area contributed by atoms with Crippen LogP contribution in [0, 0.1) is 0 Å². The molecule has 3 aromatic rings. The quantitative estimate of drug-likeness (QED) is 0.493. The van der Waals surface area contributed by atoms with E-state index in [1.54, 1.807) is 42.3 Å². The van der Waals surface area contributed by atoms with Gasteiger partial charge in [-0.15, -0.1) is 5.10 Å². The van der Waals surface area contributed by atoms with Gasteiger partial charge in [-0.25, -0.2) is 14.5 Å². The summed E-state index contributed by atoms with van der Waals surface area (Å²) in [5.41, 5.74) is 2.65. The molecule has 1 aliphatic carbocycles. The van der Waals surface area contributed by atoms with Gasteiger partial charge in [-0.05, 0) is 65.9 Å². The predicted octanol–water partition coefficient (Wildman–Crippen LogP) is 1.17. The lowest BCUT2D eigenvalue weighted by molar-refractivity contribution is 0.102. The van der Waals surface area contributed by atoms with Gasteiger partial charge >= 0.3 is 6.03 Å². The molecular formula is C22H25N9O3. The highest BCUT2D eigenvalue weighted by Crippen LogP contribution is 2.23. The van der Waals surface area contributed by atoms with Gasteiger partial charge in [0, 0.05) is 25.3 Å². The molecule has 1 aliphatic heterocycles. The van der Waals surface area contributed by atoms with Crippen molar-refractivity contribution in [1.29, 1.82) is 0 Å². The molecule has 3 amide bonds. The number of tetrazole rings is 1. The monoisotopic (exact) mass is 463 g/mol. The zero-order valence-electron chi connectivity index (χ0n) is 18.7. The zero-order valence-corrected chi connectivity index (χ0v) is 18.7. The number of hydrogen-bond donors (Lipinski definition) is 3. The second kappa shape index (κ2) is 9.14. The summed E-state index contributed by atoms with van der Waals surface area (Å²) in [5, 5.41) is 26.8. The van der Waals surface area contributed by atoms with E-state index < -0.39 is 5.91 Å². The molecule has 0 bridgehead atoms. The molecule has 176 valence electrons. The Hall–Kier alpha value is -3.93. The third kappa shape index (κ3) is 4.57. The molecular weight excluding hydrogens is 438 g/mol. The topological polar surface area (TPSA) is 151 Å². The van der Waals surface area contributed by atoms with Gasteiger partial charge in [-0.2, -0.15) is 0 Å². The van der Waals surface area contributed by atoms with Crippen LogP contribution < -0.4 is 10.6 Å². The van der Waals surface area contributed by atoms with E-state index in [-0.39, 0.29) is 24.4 Å². The highest BCUT2D eigenvalue weighted by molar-refractivity contribution is 6.02. The number of hydrogen-bond acceptors (Lipinski definition) is 8. The van der Waals surface area contributed by atoms with Crippen molar-refractivity contribution in [3.8, 4) is 11.5 Å². The summed E-state index contributed by atoms with van der Waals surface area (Å²) < 4.78 is 1.48. The lowest BCUT2D eigenvalue weighted by atomic mass is 10.0. The first-order valence-corrected chi connectivity index (χ1v) is 11.2. The number of pyridine rings is 2. The number of carbonyl (C=O) groups excluding carboxylic acids is 2. The average Bonchev–Trinajstić information content (AvgIpc) is 3.53. The first kappa shape index (κ1) is 21.9. The van der Waals surface area contributed by atoms with Gasteiger partial charge in [-0.3, -0.25) is 9.78 Å². The molecule has 5 rings (SSSR count). The molecule has 0 unspecified atom stereocenters. The van der Waals surface area contributed by atoms with Crippen LogP contribution in [0.15, 0.2) is 30.5 Å². The first-order chi connectivity index (χ1) is 16.5. The second-order valence-electron chi connectivity index (χ2n) is 8.57. The number of urea groups is 1. The number of anilines is 1. The fourth-order valence-electron chi connectivity index (χ4n) is 3.77. The number of aromatic nitrogens is 6. The number of rotatable bonds is 6. The van der Waals surface area contributed by atoms with Crippen molar-refractivity contribution in [2.75, 3.05) is 18.5 Å². The SMILES string of the molecule is C[C@H](CO)n1nnnc1-c1cccc(NC(=O)c2cc3c(cn2)CCN(C(=O)NC2CC2)C3)n1. The van der Waals surface area contributed by atoms with E-state index in [9.17, 15) is 14.7 Å². The number of fused-ring (bicyclic) bond motifs is 1. The second-order valence-corrected chi connectivity index (χ2v) is 8.57. The molecule has 0 saturated heterocycles. The number of nitrogens with zero attached hydrogens (tertiary/aromatic N) is 7. The van der Waals surface area contributed by atoms with E-state index in [1.807, 2.05) is 0 Å². The summed E-state index contributed by atoms with van der Waals surface area (Å²) in [6.07, 6.45) is 4.48. The van der Waals surface area contributed by atoms with Crippen LogP contribution >= 0.6 is 0 Å². The van der Waals surface area contributed by atoms with E-state index in [0.29, 0.717) is 42.9 Å². The summed E-state index contributed by atoms with van der Waals surface area (Å²) in [5.74, 6) is 0.295. The molecule has 2 aliphatic rings. The van der Waals surface area contributed by atoms with Crippen molar-refractivity contribution in [3.63, 3.8) is 0 Å². The first-order valence-electron chi connectivity index (χ1n) is 11.2. The number of aliphatic hydroxyl groups is 1. The van der Waals surface area contributed by atoms with Gasteiger partial charge in [0.2, 0.25) is 5.82 Å². The van der Waals surface area contributed by atoms with E-state index >= 15 is 0 Å². The molecule has 34 heavy (non-hydrogen) atoms. The molecule has 3 aromatic heterocycles. The number of nitrogens with one attached hydrogen (secondary N) is 2. The van der Waals surface area contributed by atoms with Gasteiger partial charge in [0.05, 0.1) is 12.6 Å². The third-order valence-electron chi connectivity index (χ3n) is 5.91. The molecule has 12 nitrogen and oxygen atoms in total. The van der Waals surface area contributed by atoms with Crippen molar-refractivity contribution in [3.05, 3.63) is 47.3 Å². The van der Waals surface area contributed by atoms with Crippen molar-refractivity contribution < 1.29 is 14.7 Å². The van der Waals surface area contributed by atoms with Crippen molar-refractivity contribution in [1.82, 2.24) is 40.4 Å². The maximum atomic E-state index is 12.9. The summed E-state index contributed by atoms with van der Waals surface area (Å²) in [6.45, 7) is 2.72. The Labute approximate surface area is 195 Å². The Morgan fingerprint density at radius 2 is 2.12 bits per heavy atom. The minimum Gasteiger partial charge on any atom is -0.394 e. The third-order valence-corrected chi connectivity index (χ3v) is 5.91. The molecule has 1 fully saturated rings. The molecule has 1 atom stereocenters. The van der Waals surface area contributed by atoms with E-state index in [2.05, 4.69) is 36.1 Å². The van der Waals surface area contributed by atoms with Crippen molar-refractivity contribution >= 4 is 17.8 Å². The van der Waals surface area contributed by atoms with Crippen LogP contribution in [0.1, 0.15) is 47.4 Å².